The predicted octanol–water partition coefficient (Wildman–Crippen LogP) is 4.05. The third-order valence-electron chi connectivity index (χ3n) is 3.82. The largest absolute Gasteiger partial charge is 0.573 e. The molecule has 0 saturated carbocycles. The molecule has 2 aromatic carbocycles. The molecule has 1 aromatic heterocycles. The van der Waals surface area contributed by atoms with Gasteiger partial charge < -0.3 is 14.4 Å². The van der Waals surface area contributed by atoms with Crippen molar-refractivity contribution in [3.05, 3.63) is 65.6 Å². The van der Waals surface area contributed by atoms with Gasteiger partial charge in [0.1, 0.15) is 11.6 Å². The molecule has 0 bridgehead atoms. The first kappa shape index (κ1) is 17.9. The van der Waals surface area contributed by atoms with E-state index in [0.29, 0.717) is 16.6 Å². The maximum absolute atomic E-state index is 13.0. The lowest BCUT2D eigenvalue weighted by atomic mass is 10.1. The van der Waals surface area contributed by atoms with Gasteiger partial charge in [-0.05, 0) is 48.5 Å². The van der Waals surface area contributed by atoms with Crippen LogP contribution >= 0.6 is 0 Å². The Kier molecular flexibility index (Phi) is 4.69. The molecule has 3 rings (SSSR count). The van der Waals surface area contributed by atoms with Crippen LogP contribution in [0.4, 0.5) is 17.6 Å². The lowest BCUT2D eigenvalue weighted by Crippen LogP contribution is -2.17. The van der Waals surface area contributed by atoms with Crippen molar-refractivity contribution in [3.63, 3.8) is 0 Å². The van der Waals surface area contributed by atoms with Gasteiger partial charge >= 0.3 is 6.36 Å². The summed E-state index contributed by atoms with van der Waals surface area (Å²) in [5, 5.41) is 9.89. The number of benzene rings is 2. The molecular weight excluding hydrogens is 354 g/mol. The van der Waals surface area contributed by atoms with Gasteiger partial charge in [0, 0.05) is 22.2 Å². The quantitative estimate of drug-likeness (QED) is 0.547. The van der Waals surface area contributed by atoms with E-state index in [1.54, 1.807) is 0 Å². The number of aliphatic hydroxyl groups excluding tert-OH is 1. The molecule has 3 aromatic rings. The second-order valence-electron chi connectivity index (χ2n) is 5.58. The molecule has 0 unspecified atom stereocenters. The van der Waals surface area contributed by atoms with E-state index in [-0.39, 0.29) is 17.9 Å². The van der Waals surface area contributed by atoms with Crippen molar-refractivity contribution >= 4 is 16.7 Å². The Morgan fingerprint density at radius 3 is 2.38 bits per heavy atom. The summed E-state index contributed by atoms with van der Waals surface area (Å²) in [6.45, 7) is -0.550. The van der Waals surface area contributed by atoms with Crippen molar-refractivity contribution in [3.8, 4) is 5.75 Å². The van der Waals surface area contributed by atoms with E-state index >= 15 is 0 Å². The van der Waals surface area contributed by atoms with E-state index in [1.807, 2.05) is 0 Å². The fourth-order valence-corrected chi connectivity index (χ4v) is 2.69. The molecule has 0 radical (unpaired) electrons. The normalized spacial score (nSPS) is 11.7. The highest BCUT2D eigenvalue weighted by atomic mass is 19.4. The Hall–Kier alpha value is -2.87. The standard InChI is InChI=1S/C18H13F4NO3/c19-13-3-1-11(2-4-13)17(25)9-23-14(10-24)7-12-8-15(5-6-16(12)23)26-18(20,21)22/h1-8,24H,9-10H2. The molecule has 8 heteroatoms. The summed E-state index contributed by atoms with van der Waals surface area (Å²) in [5.74, 6) is -1.19. The maximum Gasteiger partial charge on any atom is 0.573 e. The van der Waals surface area contributed by atoms with Crippen LogP contribution in [0.25, 0.3) is 10.9 Å². The summed E-state index contributed by atoms with van der Waals surface area (Å²) >= 11 is 0. The molecular formula is C18H13F4NO3. The van der Waals surface area contributed by atoms with Crippen LogP contribution in [0.5, 0.6) is 5.75 Å². The minimum Gasteiger partial charge on any atom is -0.406 e. The topological polar surface area (TPSA) is 51.5 Å². The number of aliphatic hydroxyl groups is 1. The molecule has 4 nitrogen and oxygen atoms in total. The average molecular weight is 367 g/mol. The molecule has 0 fully saturated rings. The van der Waals surface area contributed by atoms with Crippen molar-refractivity contribution in [2.75, 3.05) is 0 Å². The third kappa shape index (κ3) is 3.85. The first-order valence-corrected chi connectivity index (χ1v) is 7.54. The molecule has 26 heavy (non-hydrogen) atoms. The van der Waals surface area contributed by atoms with E-state index in [1.165, 1.54) is 34.9 Å². The molecule has 0 spiro atoms. The number of carbonyl (C=O) groups excluding carboxylic acids is 1. The molecule has 0 amide bonds. The molecule has 0 aliphatic rings. The summed E-state index contributed by atoms with van der Waals surface area (Å²) in [6, 6.07) is 10.2. The number of ether oxygens (including phenoxy) is 1. The van der Waals surface area contributed by atoms with Crippen molar-refractivity contribution < 1.29 is 32.2 Å². The first-order valence-electron chi connectivity index (χ1n) is 7.54. The zero-order valence-corrected chi connectivity index (χ0v) is 13.3. The Morgan fingerprint density at radius 1 is 1.08 bits per heavy atom. The lowest BCUT2D eigenvalue weighted by Gasteiger charge is -2.10. The maximum atomic E-state index is 13.0. The summed E-state index contributed by atoms with van der Waals surface area (Å²) in [4.78, 5) is 12.4. The Morgan fingerprint density at radius 2 is 1.77 bits per heavy atom. The van der Waals surface area contributed by atoms with E-state index in [0.717, 1.165) is 18.2 Å². The molecule has 0 aliphatic carbocycles. The van der Waals surface area contributed by atoms with Crippen LogP contribution in [0.2, 0.25) is 0 Å². The summed E-state index contributed by atoms with van der Waals surface area (Å²) < 4.78 is 55.4. The first-order chi connectivity index (χ1) is 12.3. The second kappa shape index (κ2) is 6.80. The van der Waals surface area contributed by atoms with Gasteiger partial charge in [-0.3, -0.25) is 4.79 Å². The molecule has 0 atom stereocenters. The Bertz CT molecular complexity index is 945. The summed E-state index contributed by atoms with van der Waals surface area (Å²) in [6.07, 6.45) is -4.81. The zero-order chi connectivity index (χ0) is 18.9. The second-order valence-corrected chi connectivity index (χ2v) is 5.58. The van der Waals surface area contributed by atoms with Crippen LogP contribution in [-0.4, -0.2) is 21.8 Å². The SMILES string of the molecule is O=C(Cn1c(CO)cc2cc(OC(F)(F)F)ccc21)c1ccc(F)cc1. The number of carbonyl (C=O) groups is 1. The molecule has 1 heterocycles. The number of Topliss-reactive ketones (excluding diaryl/α,β-unsaturated/α-hetero) is 1. The van der Waals surface area contributed by atoms with Gasteiger partial charge in [-0.25, -0.2) is 4.39 Å². The number of halogens is 4. The van der Waals surface area contributed by atoms with Gasteiger partial charge in [0.2, 0.25) is 0 Å². The van der Waals surface area contributed by atoms with E-state index in [9.17, 15) is 27.5 Å². The van der Waals surface area contributed by atoms with Crippen molar-refractivity contribution in [2.45, 2.75) is 19.5 Å². The number of nitrogens with zero attached hydrogens (tertiary/aromatic N) is 1. The van der Waals surface area contributed by atoms with Gasteiger partial charge in [0.15, 0.2) is 5.78 Å². The van der Waals surface area contributed by atoms with Gasteiger partial charge in [-0.1, -0.05) is 0 Å². The molecule has 1 N–H and O–H groups in total. The number of fused-ring (bicyclic) bond motifs is 1. The number of ketones is 1. The van der Waals surface area contributed by atoms with Crippen LogP contribution in [-0.2, 0) is 13.2 Å². The van der Waals surface area contributed by atoms with Gasteiger partial charge in [0.25, 0.3) is 0 Å². The van der Waals surface area contributed by atoms with E-state index in [2.05, 4.69) is 4.74 Å². The highest BCUT2D eigenvalue weighted by Crippen LogP contribution is 2.29. The predicted molar refractivity (Wildman–Crippen MR) is 85.3 cm³/mol. The van der Waals surface area contributed by atoms with Gasteiger partial charge in [0.05, 0.1) is 13.2 Å². The minimum absolute atomic E-state index is 0.148. The summed E-state index contributed by atoms with van der Waals surface area (Å²) in [7, 11) is 0. The average Bonchev–Trinajstić information content (AvgIpc) is 2.91. The zero-order valence-electron chi connectivity index (χ0n) is 13.3. The Balaban J connectivity index is 1.94. The van der Waals surface area contributed by atoms with Crippen LogP contribution in [0.1, 0.15) is 16.1 Å². The highest BCUT2D eigenvalue weighted by Gasteiger charge is 2.31. The van der Waals surface area contributed by atoms with E-state index < -0.39 is 24.5 Å². The monoisotopic (exact) mass is 367 g/mol. The third-order valence-corrected chi connectivity index (χ3v) is 3.82. The minimum atomic E-state index is -4.81. The number of rotatable bonds is 5. The fraction of sp³-hybridized carbons (Fsp3) is 0.167. The smallest absolute Gasteiger partial charge is 0.406 e. The van der Waals surface area contributed by atoms with Crippen LogP contribution in [0.15, 0.2) is 48.5 Å². The van der Waals surface area contributed by atoms with Crippen molar-refractivity contribution in [2.24, 2.45) is 0 Å². The fourth-order valence-electron chi connectivity index (χ4n) is 2.69. The van der Waals surface area contributed by atoms with Crippen LogP contribution < -0.4 is 4.74 Å². The van der Waals surface area contributed by atoms with Crippen molar-refractivity contribution in [1.82, 2.24) is 4.57 Å². The highest BCUT2D eigenvalue weighted by molar-refractivity contribution is 5.97. The van der Waals surface area contributed by atoms with Gasteiger partial charge in [-0.15, -0.1) is 13.2 Å². The number of hydrogen-bond acceptors (Lipinski definition) is 3. The van der Waals surface area contributed by atoms with Gasteiger partial charge in [-0.2, -0.15) is 0 Å². The van der Waals surface area contributed by atoms with Crippen LogP contribution in [0, 0.1) is 5.82 Å². The number of alkyl halides is 3. The molecule has 0 saturated heterocycles. The van der Waals surface area contributed by atoms with Crippen molar-refractivity contribution in [1.29, 1.82) is 0 Å². The summed E-state index contributed by atoms with van der Waals surface area (Å²) in [5.41, 5.74) is 1.12. The Labute approximate surface area is 145 Å². The lowest BCUT2D eigenvalue weighted by molar-refractivity contribution is -0.274. The van der Waals surface area contributed by atoms with E-state index in [4.69, 9.17) is 0 Å². The number of hydrogen-bond donors (Lipinski definition) is 1. The van der Waals surface area contributed by atoms with Crippen LogP contribution in [0.3, 0.4) is 0 Å². The molecule has 0 aliphatic heterocycles. The number of aromatic nitrogens is 1. The molecule has 136 valence electrons.